The number of carbonyl (C=O) groups is 2. The van der Waals surface area contributed by atoms with Crippen LogP contribution in [0.25, 0.3) is 10.9 Å². The molecule has 0 spiro atoms. The zero-order chi connectivity index (χ0) is 24.2. The third-order valence-electron chi connectivity index (χ3n) is 6.88. The number of anilines is 1. The molecule has 1 aromatic heterocycles. The minimum absolute atomic E-state index is 0.0141. The van der Waals surface area contributed by atoms with Crippen molar-refractivity contribution in [2.45, 2.75) is 31.8 Å². The van der Waals surface area contributed by atoms with Crippen LogP contribution in [0.4, 0.5) is 10.5 Å². The van der Waals surface area contributed by atoms with Crippen molar-refractivity contribution in [1.82, 2.24) is 20.1 Å². The second-order valence-corrected chi connectivity index (χ2v) is 9.65. The first-order valence-electron chi connectivity index (χ1n) is 12.3. The molecule has 35 heavy (non-hydrogen) atoms. The molecule has 0 radical (unpaired) electrons. The lowest BCUT2D eigenvalue weighted by Gasteiger charge is -2.37. The number of hydrogen-bond donors (Lipinski definition) is 1. The summed E-state index contributed by atoms with van der Waals surface area (Å²) >= 11 is 6.13. The van der Waals surface area contributed by atoms with Gasteiger partial charge in [0.1, 0.15) is 6.04 Å². The fraction of sp³-hybridized carbons (Fsp3) is 0.370. The van der Waals surface area contributed by atoms with Crippen LogP contribution in [-0.4, -0.2) is 65.5 Å². The number of urea groups is 1. The molecule has 182 valence electrons. The van der Waals surface area contributed by atoms with E-state index < -0.39 is 6.04 Å². The summed E-state index contributed by atoms with van der Waals surface area (Å²) in [6, 6.07) is 17.1. The molecule has 3 amide bonds. The highest BCUT2D eigenvalue weighted by Crippen LogP contribution is 2.28. The smallest absolute Gasteiger partial charge is 0.318 e. The van der Waals surface area contributed by atoms with Crippen molar-refractivity contribution in [1.29, 1.82) is 0 Å². The van der Waals surface area contributed by atoms with Gasteiger partial charge in [0.25, 0.3) is 0 Å². The van der Waals surface area contributed by atoms with Gasteiger partial charge in [-0.1, -0.05) is 41.9 Å². The van der Waals surface area contributed by atoms with E-state index in [-0.39, 0.29) is 11.9 Å². The standard InChI is InChI=1S/C27H30ClN5O2/c28-21-9-10-22-24(18-21)29-12-11-25(22)31-14-16-32(17-15-31)27(35)30-23-8-4-5-13-33(26(23)34)19-20-6-2-1-3-7-20/h1-3,6-7,9-12,18,23H,4-5,8,13-17,19H2,(H,30,35)/t23-/m0/s1. The molecule has 2 fully saturated rings. The summed E-state index contributed by atoms with van der Waals surface area (Å²) in [6.07, 6.45) is 4.36. The Hall–Kier alpha value is -3.32. The molecule has 2 aliphatic rings. The van der Waals surface area contributed by atoms with E-state index in [0.29, 0.717) is 44.2 Å². The molecule has 0 saturated carbocycles. The van der Waals surface area contributed by atoms with Crippen molar-refractivity contribution >= 4 is 40.1 Å². The summed E-state index contributed by atoms with van der Waals surface area (Å²) in [5.41, 5.74) is 3.07. The molecule has 3 heterocycles. The molecule has 5 rings (SSSR count). The highest BCUT2D eigenvalue weighted by molar-refractivity contribution is 6.31. The maximum atomic E-state index is 13.2. The van der Waals surface area contributed by atoms with Crippen LogP contribution in [0, 0.1) is 0 Å². The van der Waals surface area contributed by atoms with Crippen molar-refractivity contribution in [3.63, 3.8) is 0 Å². The normalized spacial score (nSPS) is 19.1. The topological polar surface area (TPSA) is 68.8 Å². The average molecular weight is 492 g/mol. The molecule has 1 atom stereocenters. The molecular formula is C27H30ClN5O2. The first kappa shape index (κ1) is 23.4. The summed E-state index contributed by atoms with van der Waals surface area (Å²) < 4.78 is 0. The summed E-state index contributed by atoms with van der Waals surface area (Å²) in [5.74, 6) is 0.0141. The van der Waals surface area contributed by atoms with Gasteiger partial charge in [-0.05, 0) is 49.1 Å². The van der Waals surface area contributed by atoms with E-state index in [4.69, 9.17) is 11.6 Å². The third kappa shape index (κ3) is 5.35. The Bertz CT molecular complexity index is 1200. The van der Waals surface area contributed by atoms with Gasteiger partial charge in [-0.15, -0.1) is 0 Å². The number of benzene rings is 2. The quantitative estimate of drug-likeness (QED) is 0.590. The average Bonchev–Trinajstić information content (AvgIpc) is 3.05. The molecule has 0 bridgehead atoms. The Morgan fingerprint density at radius 1 is 1.00 bits per heavy atom. The monoisotopic (exact) mass is 491 g/mol. The van der Waals surface area contributed by atoms with E-state index in [2.05, 4.69) is 15.2 Å². The van der Waals surface area contributed by atoms with Gasteiger partial charge in [-0.25, -0.2) is 4.79 Å². The van der Waals surface area contributed by atoms with Crippen LogP contribution >= 0.6 is 11.6 Å². The van der Waals surface area contributed by atoms with Crippen LogP contribution in [0.2, 0.25) is 5.02 Å². The number of aromatic nitrogens is 1. The number of carbonyl (C=O) groups excluding carboxylic acids is 2. The van der Waals surface area contributed by atoms with Gasteiger partial charge in [-0.2, -0.15) is 0 Å². The van der Waals surface area contributed by atoms with Crippen LogP contribution in [0.5, 0.6) is 0 Å². The maximum Gasteiger partial charge on any atom is 0.318 e. The summed E-state index contributed by atoms with van der Waals surface area (Å²) in [7, 11) is 0. The van der Waals surface area contributed by atoms with Gasteiger partial charge < -0.3 is 20.0 Å². The van der Waals surface area contributed by atoms with Gasteiger partial charge in [0.15, 0.2) is 0 Å². The van der Waals surface area contributed by atoms with Crippen molar-refractivity contribution in [3.05, 3.63) is 71.4 Å². The maximum absolute atomic E-state index is 13.2. The number of rotatable bonds is 4. The number of halogens is 1. The molecule has 7 nitrogen and oxygen atoms in total. The molecule has 0 aliphatic carbocycles. The third-order valence-corrected chi connectivity index (χ3v) is 7.12. The molecule has 2 aliphatic heterocycles. The van der Waals surface area contributed by atoms with Crippen LogP contribution in [-0.2, 0) is 11.3 Å². The van der Waals surface area contributed by atoms with Gasteiger partial charge in [0.05, 0.1) is 5.52 Å². The van der Waals surface area contributed by atoms with Crippen LogP contribution in [0.3, 0.4) is 0 Å². The van der Waals surface area contributed by atoms with Gasteiger partial charge in [0, 0.05) is 61.6 Å². The molecule has 1 N–H and O–H groups in total. The molecule has 2 saturated heterocycles. The number of likely N-dealkylation sites (tertiary alicyclic amines) is 1. The fourth-order valence-corrected chi connectivity index (χ4v) is 5.14. The molecule has 0 unspecified atom stereocenters. The van der Waals surface area contributed by atoms with E-state index in [1.165, 1.54) is 0 Å². The molecular weight excluding hydrogens is 462 g/mol. The van der Waals surface area contributed by atoms with Crippen molar-refractivity contribution < 1.29 is 9.59 Å². The summed E-state index contributed by atoms with van der Waals surface area (Å²) in [4.78, 5) is 36.7. The Kier molecular flexibility index (Phi) is 7.04. The first-order valence-corrected chi connectivity index (χ1v) is 12.6. The van der Waals surface area contributed by atoms with Crippen LogP contribution < -0.4 is 10.2 Å². The van der Waals surface area contributed by atoms with E-state index >= 15 is 0 Å². The van der Waals surface area contributed by atoms with E-state index in [9.17, 15) is 9.59 Å². The highest BCUT2D eigenvalue weighted by atomic mass is 35.5. The SMILES string of the molecule is O=C(N[C@H]1CCCCN(Cc2ccccc2)C1=O)N1CCN(c2ccnc3cc(Cl)ccc23)CC1. The number of amides is 3. The predicted octanol–water partition coefficient (Wildman–Crippen LogP) is 4.30. The van der Waals surface area contributed by atoms with Crippen molar-refractivity contribution in [2.24, 2.45) is 0 Å². The number of hydrogen-bond acceptors (Lipinski definition) is 4. The first-order chi connectivity index (χ1) is 17.1. The zero-order valence-corrected chi connectivity index (χ0v) is 20.5. The largest absolute Gasteiger partial charge is 0.367 e. The fourth-order valence-electron chi connectivity index (χ4n) is 4.97. The van der Waals surface area contributed by atoms with Crippen LogP contribution in [0.15, 0.2) is 60.8 Å². The van der Waals surface area contributed by atoms with Gasteiger partial charge in [-0.3, -0.25) is 9.78 Å². The lowest BCUT2D eigenvalue weighted by molar-refractivity contribution is -0.133. The predicted molar refractivity (Wildman–Crippen MR) is 139 cm³/mol. The summed E-state index contributed by atoms with van der Waals surface area (Å²) in [5, 5.41) is 4.76. The van der Waals surface area contributed by atoms with Crippen molar-refractivity contribution in [2.75, 3.05) is 37.6 Å². The number of nitrogens with one attached hydrogen (secondary N) is 1. The lowest BCUT2D eigenvalue weighted by Crippen LogP contribution is -2.56. The van der Waals surface area contributed by atoms with Crippen LogP contribution in [0.1, 0.15) is 24.8 Å². The highest BCUT2D eigenvalue weighted by Gasteiger charge is 2.30. The Morgan fingerprint density at radius 2 is 1.80 bits per heavy atom. The number of fused-ring (bicyclic) bond motifs is 1. The second kappa shape index (κ2) is 10.5. The Balaban J connectivity index is 1.20. The zero-order valence-electron chi connectivity index (χ0n) is 19.7. The summed E-state index contributed by atoms with van der Waals surface area (Å²) in [6.45, 7) is 3.93. The van der Waals surface area contributed by atoms with E-state index in [1.807, 2.05) is 64.4 Å². The van der Waals surface area contributed by atoms with Gasteiger partial charge >= 0.3 is 6.03 Å². The number of pyridine rings is 1. The molecule has 3 aromatic rings. The van der Waals surface area contributed by atoms with Gasteiger partial charge in [0.2, 0.25) is 5.91 Å². The second-order valence-electron chi connectivity index (χ2n) is 9.21. The Labute approximate surface area is 210 Å². The Morgan fingerprint density at radius 3 is 2.60 bits per heavy atom. The number of nitrogens with zero attached hydrogens (tertiary/aromatic N) is 4. The minimum atomic E-state index is -0.472. The van der Waals surface area contributed by atoms with E-state index in [0.717, 1.165) is 41.5 Å². The molecule has 8 heteroatoms. The molecule has 2 aromatic carbocycles. The van der Waals surface area contributed by atoms with E-state index in [1.54, 1.807) is 6.20 Å². The number of piperazine rings is 1. The lowest BCUT2D eigenvalue weighted by atomic mass is 10.1. The van der Waals surface area contributed by atoms with Crippen molar-refractivity contribution in [3.8, 4) is 0 Å². The minimum Gasteiger partial charge on any atom is -0.367 e.